The van der Waals surface area contributed by atoms with Crippen molar-refractivity contribution in [2.45, 2.75) is 27.2 Å². The van der Waals surface area contributed by atoms with Crippen LogP contribution in [-0.4, -0.2) is 25.0 Å². The van der Waals surface area contributed by atoms with E-state index in [1.54, 1.807) is 0 Å². The van der Waals surface area contributed by atoms with E-state index in [1.807, 2.05) is 13.8 Å². The summed E-state index contributed by atoms with van der Waals surface area (Å²) in [5, 5.41) is 0. The van der Waals surface area contributed by atoms with E-state index in [-0.39, 0.29) is 0 Å². The van der Waals surface area contributed by atoms with Gasteiger partial charge in [0.25, 0.3) is 0 Å². The van der Waals surface area contributed by atoms with Crippen molar-refractivity contribution in [3.05, 3.63) is 37.0 Å². The van der Waals surface area contributed by atoms with Gasteiger partial charge in [-0.2, -0.15) is 0 Å². The summed E-state index contributed by atoms with van der Waals surface area (Å²) in [5.74, 6) is 0. The maximum absolute atomic E-state index is 4.01. The standard InChI is InChI=1S/C9H15N.C2H6.C2H4/c1-4-9-5-6-10(3)7-8(9)2;2*1-2/h4H,2,5-7H2,1,3H3;1-2H3;1-2H2/b9-4-;;. The summed E-state index contributed by atoms with van der Waals surface area (Å²) < 4.78 is 0. The number of allylic oxidation sites excluding steroid dienone is 1. The molecule has 1 saturated heterocycles. The fourth-order valence-corrected chi connectivity index (χ4v) is 1.34. The molecule has 0 aromatic carbocycles. The van der Waals surface area contributed by atoms with Crippen LogP contribution in [-0.2, 0) is 0 Å². The Labute approximate surface area is 89.8 Å². The first kappa shape index (κ1) is 15.6. The van der Waals surface area contributed by atoms with Crippen molar-refractivity contribution in [3.8, 4) is 0 Å². The lowest BCUT2D eigenvalue weighted by Crippen LogP contribution is -2.27. The molecule has 0 bridgehead atoms. The Kier molecular flexibility index (Phi) is 11.5. The molecule has 1 fully saturated rings. The van der Waals surface area contributed by atoms with Crippen LogP contribution in [0.3, 0.4) is 0 Å². The third-order valence-electron chi connectivity index (χ3n) is 2.03. The van der Waals surface area contributed by atoms with Gasteiger partial charge >= 0.3 is 0 Å². The molecule has 0 spiro atoms. The molecule has 1 rings (SSSR count). The summed E-state index contributed by atoms with van der Waals surface area (Å²) in [4.78, 5) is 2.30. The van der Waals surface area contributed by atoms with E-state index in [2.05, 4.69) is 44.7 Å². The van der Waals surface area contributed by atoms with Crippen molar-refractivity contribution in [1.82, 2.24) is 4.90 Å². The van der Waals surface area contributed by atoms with Gasteiger partial charge in [-0.05, 0) is 31.5 Å². The maximum Gasteiger partial charge on any atom is 0.0227 e. The van der Waals surface area contributed by atoms with Gasteiger partial charge in [0.1, 0.15) is 0 Å². The zero-order chi connectivity index (χ0) is 11.6. The molecule has 1 nitrogen and oxygen atoms in total. The predicted molar refractivity (Wildman–Crippen MR) is 67.6 cm³/mol. The van der Waals surface area contributed by atoms with Crippen LogP contribution in [0.25, 0.3) is 0 Å². The predicted octanol–water partition coefficient (Wildman–Crippen LogP) is 3.65. The molecule has 0 aromatic heterocycles. The number of rotatable bonds is 0. The smallest absolute Gasteiger partial charge is 0.0227 e. The molecule has 1 aliphatic rings. The molecule has 0 aliphatic carbocycles. The normalized spacial score (nSPS) is 19.1. The molecule has 82 valence electrons. The monoisotopic (exact) mass is 195 g/mol. The fourth-order valence-electron chi connectivity index (χ4n) is 1.34. The van der Waals surface area contributed by atoms with Gasteiger partial charge in [-0.3, -0.25) is 0 Å². The molecule has 14 heavy (non-hydrogen) atoms. The molecule has 0 radical (unpaired) electrons. The Hall–Kier alpha value is -0.820. The van der Waals surface area contributed by atoms with Gasteiger partial charge in [0, 0.05) is 13.1 Å². The highest BCUT2D eigenvalue weighted by Crippen LogP contribution is 2.18. The topological polar surface area (TPSA) is 3.24 Å². The minimum atomic E-state index is 1.04. The van der Waals surface area contributed by atoms with Gasteiger partial charge in [0.15, 0.2) is 0 Å². The molecule has 0 unspecified atom stereocenters. The number of likely N-dealkylation sites (N-methyl/N-ethyl adjacent to an activating group) is 1. The number of hydrogen-bond donors (Lipinski definition) is 0. The molecule has 1 heterocycles. The van der Waals surface area contributed by atoms with Crippen molar-refractivity contribution in [3.63, 3.8) is 0 Å². The molecule has 1 heteroatoms. The molecular weight excluding hydrogens is 170 g/mol. The summed E-state index contributed by atoms with van der Waals surface area (Å²) >= 11 is 0. The third-order valence-corrected chi connectivity index (χ3v) is 2.03. The number of likely N-dealkylation sites (tertiary alicyclic amines) is 1. The Balaban J connectivity index is 0. The van der Waals surface area contributed by atoms with Crippen LogP contribution in [0.4, 0.5) is 0 Å². The van der Waals surface area contributed by atoms with Crippen molar-refractivity contribution in [1.29, 1.82) is 0 Å². The first-order valence-corrected chi connectivity index (χ1v) is 5.26. The molecule has 0 N–H and O–H groups in total. The van der Waals surface area contributed by atoms with Gasteiger partial charge in [-0.25, -0.2) is 0 Å². The summed E-state index contributed by atoms with van der Waals surface area (Å²) in [6.45, 7) is 18.3. The van der Waals surface area contributed by atoms with Crippen LogP contribution in [0.5, 0.6) is 0 Å². The lowest BCUT2D eigenvalue weighted by molar-refractivity contribution is 0.348. The number of piperidine rings is 1. The number of hydrogen-bond acceptors (Lipinski definition) is 1. The van der Waals surface area contributed by atoms with Gasteiger partial charge in [-0.1, -0.05) is 26.5 Å². The van der Waals surface area contributed by atoms with E-state index in [4.69, 9.17) is 0 Å². The largest absolute Gasteiger partial charge is 0.302 e. The highest BCUT2D eigenvalue weighted by molar-refractivity contribution is 5.31. The van der Waals surface area contributed by atoms with Crippen LogP contribution in [0.2, 0.25) is 0 Å². The maximum atomic E-state index is 4.01. The minimum Gasteiger partial charge on any atom is -0.302 e. The van der Waals surface area contributed by atoms with Gasteiger partial charge in [0.05, 0.1) is 0 Å². The highest BCUT2D eigenvalue weighted by atomic mass is 15.1. The Morgan fingerprint density at radius 2 is 1.79 bits per heavy atom. The zero-order valence-corrected chi connectivity index (χ0v) is 10.3. The summed E-state index contributed by atoms with van der Waals surface area (Å²) in [7, 11) is 2.14. The van der Waals surface area contributed by atoms with Crippen molar-refractivity contribution in [2.75, 3.05) is 20.1 Å². The van der Waals surface area contributed by atoms with Gasteiger partial charge in [-0.15, -0.1) is 13.2 Å². The van der Waals surface area contributed by atoms with E-state index in [0.717, 1.165) is 6.54 Å². The van der Waals surface area contributed by atoms with Crippen LogP contribution in [0.15, 0.2) is 37.0 Å². The number of nitrogens with zero attached hydrogens (tertiary/aromatic N) is 1. The zero-order valence-electron chi connectivity index (χ0n) is 10.3. The van der Waals surface area contributed by atoms with Crippen molar-refractivity contribution in [2.24, 2.45) is 0 Å². The van der Waals surface area contributed by atoms with Crippen LogP contribution in [0, 0.1) is 0 Å². The van der Waals surface area contributed by atoms with Gasteiger partial charge in [0.2, 0.25) is 0 Å². The second-order valence-electron chi connectivity index (χ2n) is 2.91. The van der Waals surface area contributed by atoms with E-state index in [0.29, 0.717) is 0 Å². The molecule has 0 aromatic rings. The summed E-state index contributed by atoms with van der Waals surface area (Å²) in [5.41, 5.74) is 2.73. The molecule has 0 saturated carbocycles. The lowest BCUT2D eigenvalue weighted by atomic mass is 10.00. The fraction of sp³-hybridized carbons (Fsp3) is 0.538. The average molecular weight is 195 g/mol. The van der Waals surface area contributed by atoms with Crippen LogP contribution < -0.4 is 0 Å². The SMILES string of the molecule is C=C.C=C1CN(C)CC/C1=C/C.CC. The van der Waals surface area contributed by atoms with Crippen LogP contribution >= 0.6 is 0 Å². The second-order valence-corrected chi connectivity index (χ2v) is 2.91. The summed E-state index contributed by atoms with van der Waals surface area (Å²) in [6.07, 6.45) is 3.35. The molecule has 1 aliphatic heterocycles. The van der Waals surface area contributed by atoms with E-state index >= 15 is 0 Å². The molecule has 0 atom stereocenters. The quantitative estimate of drug-likeness (QED) is 0.533. The Bertz CT molecular complexity index is 180. The second kappa shape index (κ2) is 10.3. The first-order valence-electron chi connectivity index (χ1n) is 5.26. The molecular formula is C13H25N. The lowest BCUT2D eigenvalue weighted by Gasteiger charge is -2.25. The van der Waals surface area contributed by atoms with E-state index < -0.39 is 0 Å². The van der Waals surface area contributed by atoms with Crippen LogP contribution in [0.1, 0.15) is 27.2 Å². The van der Waals surface area contributed by atoms with Crippen molar-refractivity contribution < 1.29 is 0 Å². The van der Waals surface area contributed by atoms with E-state index in [1.165, 1.54) is 24.1 Å². The summed E-state index contributed by atoms with van der Waals surface area (Å²) in [6, 6.07) is 0. The minimum absolute atomic E-state index is 1.04. The Morgan fingerprint density at radius 3 is 2.14 bits per heavy atom. The van der Waals surface area contributed by atoms with Crippen molar-refractivity contribution >= 4 is 0 Å². The first-order chi connectivity index (χ1) is 6.74. The molecule has 0 amide bonds. The highest BCUT2D eigenvalue weighted by Gasteiger charge is 2.11. The third kappa shape index (κ3) is 5.76. The average Bonchev–Trinajstić information content (AvgIpc) is 2.24. The van der Waals surface area contributed by atoms with Gasteiger partial charge < -0.3 is 4.90 Å². The van der Waals surface area contributed by atoms with E-state index in [9.17, 15) is 0 Å². The Morgan fingerprint density at radius 1 is 1.29 bits per heavy atom.